The zero-order chi connectivity index (χ0) is 31.0. The van der Waals surface area contributed by atoms with Crippen molar-refractivity contribution >= 4 is 65.3 Å². The molecule has 0 aliphatic heterocycles. The summed E-state index contributed by atoms with van der Waals surface area (Å²) >= 11 is 0. The zero-order valence-corrected chi connectivity index (χ0v) is 26.1. The van der Waals surface area contributed by atoms with Crippen molar-refractivity contribution in [2.75, 3.05) is 0 Å². The number of benzene rings is 8. The molecule has 0 radical (unpaired) electrons. The van der Waals surface area contributed by atoms with E-state index in [0.29, 0.717) is 0 Å². The van der Waals surface area contributed by atoms with Gasteiger partial charge in [-0.1, -0.05) is 111 Å². The third-order valence-corrected chi connectivity index (χ3v) is 10.9. The molecule has 8 aromatic carbocycles. The lowest BCUT2D eigenvalue weighted by Gasteiger charge is -2.21. The molecule has 0 saturated heterocycles. The van der Waals surface area contributed by atoms with Crippen molar-refractivity contribution in [3.05, 3.63) is 151 Å². The number of aromatic nitrogens is 1. The van der Waals surface area contributed by atoms with Gasteiger partial charge in [0.05, 0.1) is 11.0 Å². The van der Waals surface area contributed by atoms with Crippen LogP contribution in [0.3, 0.4) is 0 Å². The van der Waals surface area contributed by atoms with Gasteiger partial charge in [-0.25, -0.2) is 0 Å². The summed E-state index contributed by atoms with van der Waals surface area (Å²) in [5.41, 5.74) is 13.4. The lowest BCUT2D eigenvalue weighted by molar-refractivity contribution is 0.661. The molecule has 47 heavy (non-hydrogen) atoms. The summed E-state index contributed by atoms with van der Waals surface area (Å²) in [7, 11) is 0. The maximum absolute atomic E-state index is 6.48. The highest BCUT2D eigenvalue weighted by Gasteiger charge is 2.36. The summed E-state index contributed by atoms with van der Waals surface area (Å²) in [5, 5.41) is 9.97. The maximum Gasteiger partial charge on any atom is 0.136 e. The van der Waals surface area contributed by atoms with Crippen LogP contribution in [0.15, 0.2) is 144 Å². The fraction of sp³-hybridized carbons (Fsp3) is 0.0667. The van der Waals surface area contributed by atoms with Crippen LogP contribution in [0.5, 0.6) is 0 Å². The number of rotatable bonds is 2. The second-order valence-electron chi connectivity index (χ2n) is 13.7. The van der Waals surface area contributed by atoms with E-state index in [1.54, 1.807) is 0 Å². The van der Waals surface area contributed by atoms with Crippen LogP contribution in [0.4, 0.5) is 0 Å². The van der Waals surface area contributed by atoms with Gasteiger partial charge in [0.25, 0.3) is 0 Å². The minimum atomic E-state index is -0.0755. The van der Waals surface area contributed by atoms with Crippen molar-refractivity contribution in [1.29, 1.82) is 0 Å². The van der Waals surface area contributed by atoms with Crippen molar-refractivity contribution in [1.82, 2.24) is 4.57 Å². The van der Waals surface area contributed by atoms with Crippen LogP contribution in [0.25, 0.3) is 93.2 Å². The van der Waals surface area contributed by atoms with Gasteiger partial charge in [-0.15, -0.1) is 0 Å². The first kappa shape index (κ1) is 25.3. The molecule has 0 saturated carbocycles. The smallest absolute Gasteiger partial charge is 0.136 e. The highest BCUT2D eigenvalue weighted by molar-refractivity contribution is 6.35. The highest BCUT2D eigenvalue weighted by Crippen LogP contribution is 2.51. The minimum Gasteiger partial charge on any atom is -0.456 e. The average Bonchev–Trinajstić information content (AvgIpc) is 3.73. The quantitative estimate of drug-likeness (QED) is 0.181. The van der Waals surface area contributed by atoms with Gasteiger partial charge >= 0.3 is 0 Å². The summed E-state index contributed by atoms with van der Waals surface area (Å²) in [6, 6.07) is 51.4. The molecule has 0 amide bonds. The van der Waals surface area contributed by atoms with Crippen LogP contribution >= 0.6 is 0 Å². The highest BCUT2D eigenvalue weighted by atomic mass is 16.3. The van der Waals surface area contributed by atoms with E-state index in [-0.39, 0.29) is 5.41 Å². The molecule has 0 fully saturated rings. The predicted octanol–water partition coefficient (Wildman–Crippen LogP) is 12.4. The lowest BCUT2D eigenvalue weighted by atomic mass is 9.82. The Labute approximate surface area is 271 Å². The van der Waals surface area contributed by atoms with E-state index in [0.717, 1.165) is 11.2 Å². The van der Waals surface area contributed by atoms with Crippen LogP contribution < -0.4 is 0 Å². The molecule has 1 aliphatic carbocycles. The van der Waals surface area contributed by atoms with Gasteiger partial charge in [0, 0.05) is 38.0 Å². The van der Waals surface area contributed by atoms with E-state index >= 15 is 0 Å². The Morgan fingerprint density at radius 3 is 2.15 bits per heavy atom. The van der Waals surface area contributed by atoms with E-state index in [4.69, 9.17) is 4.42 Å². The maximum atomic E-state index is 6.48. The number of hydrogen-bond acceptors (Lipinski definition) is 1. The third kappa shape index (κ3) is 3.15. The Morgan fingerprint density at radius 1 is 0.447 bits per heavy atom. The van der Waals surface area contributed by atoms with E-state index in [1.807, 2.05) is 0 Å². The van der Waals surface area contributed by atoms with Crippen LogP contribution in [-0.4, -0.2) is 4.57 Å². The molecule has 11 rings (SSSR count). The molecule has 2 nitrogen and oxygen atoms in total. The summed E-state index contributed by atoms with van der Waals surface area (Å²) in [5.74, 6) is 0. The van der Waals surface area contributed by atoms with E-state index < -0.39 is 0 Å². The molecule has 220 valence electrons. The Kier molecular flexibility index (Phi) is 4.68. The third-order valence-electron chi connectivity index (χ3n) is 10.9. The van der Waals surface area contributed by atoms with Gasteiger partial charge in [-0.2, -0.15) is 0 Å². The largest absolute Gasteiger partial charge is 0.456 e. The lowest BCUT2D eigenvalue weighted by Crippen LogP contribution is -2.14. The van der Waals surface area contributed by atoms with Gasteiger partial charge in [-0.3, -0.25) is 0 Å². The van der Waals surface area contributed by atoms with E-state index in [1.165, 1.54) is 93.2 Å². The Hall–Kier alpha value is -5.86. The molecule has 2 heteroatoms. The fourth-order valence-corrected chi connectivity index (χ4v) is 8.83. The first-order valence-electron chi connectivity index (χ1n) is 16.4. The Balaban J connectivity index is 1.28. The zero-order valence-electron chi connectivity index (χ0n) is 26.1. The monoisotopic (exact) mass is 599 g/mol. The summed E-state index contributed by atoms with van der Waals surface area (Å²) in [4.78, 5) is 0. The van der Waals surface area contributed by atoms with Gasteiger partial charge in [0.2, 0.25) is 0 Å². The average molecular weight is 600 g/mol. The second kappa shape index (κ2) is 8.69. The van der Waals surface area contributed by atoms with Crippen molar-refractivity contribution in [3.8, 4) is 27.9 Å². The van der Waals surface area contributed by atoms with Crippen molar-refractivity contribution < 1.29 is 4.42 Å². The molecule has 1 aliphatic rings. The summed E-state index contributed by atoms with van der Waals surface area (Å²) in [6.45, 7) is 4.73. The summed E-state index contributed by atoms with van der Waals surface area (Å²) in [6.07, 6.45) is 0. The minimum absolute atomic E-state index is 0.0755. The topological polar surface area (TPSA) is 18.1 Å². The number of para-hydroxylation sites is 1. The molecule has 0 unspecified atom stereocenters. The molecular formula is C45H29NO. The van der Waals surface area contributed by atoms with Crippen LogP contribution in [-0.2, 0) is 5.41 Å². The molecule has 0 atom stereocenters. The standard InChI is InChI=1S/C45H29NO/c1-45(2)36-16-8-6-13-30(36)33-24-34-31-14-7-9-17-38(31)46(39(34)25-37(33)45)27-19-20-29-32-15-10-18-40-43(32)44-41(47-40)22-21-28(42(44)35(29)23-27)26-11-4-3-5-12-26/h3-25H,1-2H3. The van der Waals surface area contributed by atoms with Gasteiger partial charge in [-0.05, 0) is 92.0 Å². The van der Waals surface area contributed by atoms with Gasteiger partial charge in [0.1, 0.15) is 11.2 Å². The fourth-order valence-electron chi connectivity index (χ4n) is 8.83. The van der Waals surface area contributed by atoms with Crippen LogP contribution in [0, 0.1) is 0 Å². The normalized spacial score (nSPS) is 13.9. The first-order valence-corrected chi connectivity index (χ1v) is 16.4. The second-order valence-corrected chi connectivity index (χ2v) is 13.7. The van der Waals surface area contributed by atoms with Crippen LogP contribution in [0.2, 0.25) is 0 Å². The number of nitrogens with zero attached hydrogens (tertiary/aromatic N) is 1. The summed E-state index contributed by atoms with van der Waals surface area (Å²) < 4.78 is 8.96. The Bertz CT molecular complexity index is 2920. The molecular weight excluding hydrogens is 571 g/mol. The van der Waals surface area contributed by atoms with Crippen LogP contribution in [0.1, 0.15) is 25.0 Å². The van der Waals surface area contributed by atoms with E-state index in [9.17, 15) is 0 Å². The Morgan fingerprint density at radius 2 is 1.23 bits per heavy atom. The first-order chi connectivity index (χ1) is 23.1. The number of furan rings is 1. The molecule has 10 aromatic rings. The number of fused-ring (bicyclic) bond motifs is 9. The van der Waals surface area contributed by atoms with E-state index in [2.05, 4.69) is 158 Å². The molecule has 0 bridgehead atoms. The van der Waals surface area contributed by atoms with Gasteiger partial charge in [0.15, 0.2) is 0 Å². The molecule has 2 heterocycles. The van der Waals surface area contributed by atoms with Crippen molar-refractivity contribution in [3.63, 3.8) is 0 Å². The van der Waals surface area contributed by atoms with Gasteiger partial charge < -0.3 is 8.98 Å². The molecule has 2 aromatic heterocycles. The molecule has 0 spiro atoms. The predicted molar refractivity (Wildman–Crippen MR) is 197 cm³/mol. The SMILES string of the molecule is CC1(C)c2ccccc2-c2cc3c4ccccc4n(-c4ccc5c(c4)c4c(-c6ccccc6)ccc6oc7cccc5c7c64)c3cc21. The molecule has 0 N–H and O–H groups in total. The van der Waals surface area contributed by atoms with Crippen molar-refractivity contribution in [2.45, 2.75) is 19.3 Å². The number of hydrogen-bond donors (Lipinski definition) is 0. The van der Waals surface area contributed by atoms with Crippen molar-refractivity contribution in [2.24, 2.45) is 0 Å².